The highest BCUT2D eigenvalue weighted by atomic mass is 16.5. The van der Waals surface area contributed by atoms with E-state index >= 15 is 0 Å². The summed E-state index contributed by atoms with van der Waals surface area (Å²) in [5.74, 6) is -0.701. The lowest BCUT2D eigenvalue weighted by molar-refractivity contribution is -0.146. The Kier molecular flexibility index (Phi) is 3.59. The maximum Gasteiger partial charge on any atom is 0.324 e. The molecular weight excluding hydrogens is 248 g/mol. The number of carboxylic acids is 1. The van der Waals surface area contributed by atoms with Crippen molar-refractivity contribution >= 4 is 17.7 Å². The molecule has 0 radical (unpaired) electrons. The molecular formula is C13H16N2O4. The maximum atomic E-state index is 12.2. The molecule has 1 aromatic carbocycles. The Labute approximate surface area is 111 Å². The standard InChI is InChI=1S/C13H16N2O4/c1-14(10-5-3-4-6-11(10)19-2)13(18)15-7-9(8-15)12(16)17/h3-6,9H,7-8H2,1-2H3,(H,16,17). The highest BCUT2D eigenvalue weighted by Crippen LogP contribution is 2.28. The molecule has 19 heavy (non-hydrogen) atoms. The van der Waals surface area contributed by atoms with Gasteiger partial charge in [0.05, 0.1) is 18.7 Å². The van der Waals surface area contributed by atoms with Gasteiger partial charge in [-0.15, -0.1) is 0 Å². The lowest BCUT2D eigenvalue weighted by atomic mass is 10.0. The number of methoxy groups -OCH3 is 1. The normalized spacial score (nSPS) is 14.7. The van der Waals surface area contributed by atoms with E-state index in [0.29, 0.717) is 11.4 Å². The van der Waals surface area contributed by atoms with Gasteiger partial charge in [0, 0.05) is 20.1 Å². The summed E-state index contributed by atoms with van der Waals surface area (Å²) in [5.41, 5.74) is 0.661. The van der Waals surface area contributed by atoms with Crippen LogP contribution in [0.25, 0.3) is 0 Å². The average Bonchev–Trinajstić information content (AvgIpc) is 2.35. The first-order valence-electron chi connectivity index (χ1n) is 5.93. The van der Waals surface area contributed by atoms with Crippen LogP contribution >= 0.6 is 0 Å². The van der Waals surface area contributed by atoms with Gasteiger partial charge in [-0.05, 0) is 12.1 Å². The topological polar surface area (TPSA) is 70.1 Å². The van der Waals surface area contributed by atoms with Crippen molar-refractivity contribution in [3.05, 3.63) is 24.3 Å². The monoisotopic (exact) mass is 264 g/mol. The van der Waals surface area contributed by atoms with Crippen LogP contribution in [0.2, 0.25) is 0 Å². The Bertz CT molecular complexity index is 497. The second-order valence-corrected chi connectivity index (χ2v) is 4.45. The van der Waals surface area contributed by atoms with Crippen LogP contribution < -0.4 is 9.64 Å². The van der Waals surface area contributed by atoms with E-state index in [0.717, 1.165) is 0 Å². The Morgan fingerprint density at radius 2 is 2.00 bits per heavy atom. The van der Waals surface area contributed by atoms with Crippen molar-refractivity contribution in [2.45, 2.75) is 0 Å². The summed E-state index contributed by atoms with van der Waals surface area (Å²) in [5, 5.41) is 8.80. The Morgan fingerprint density at radius 3 is 2.58 bits per heavy atom. The second-order valence-electron chi connectivity index (χ2n) is 4.45. The highest BCUT2D eigenvalue weighted by molar-refractivity contribution is 5.94. The number of hydrogen-bond acceptors (Lipinski definition) is 3. The number of aliphatic carboxylic acids is 1. The van der Waals surface area contributed by atoms with Crippen LogP contribution in [0.5, 0.6) is 5.75 Å². The number of anilines is 1. The van der Waals surface area contributed by atoms with Crippen LogP contribution in [0.4, 0.5) is 10.5 Å². The summed E-state index contributed by atoms with van der Waals surface area (Å²) in [4.78, 5) is 25.9. The molecule has 0 aliphatic carbocycles. The summed E-state index contributed by atoms with van der Waals surface area (Å²) in [6.07, 6.45) is 0. The van der Waals surface area contributed by atoms with Crippen LogP contribution in [0.3, 0.4) is 0 Å². The van der Waals surface area contributed by atoms with Gasteiger partial charge in [0.25, 0.3) is 0 Å². The fraction of sp³-hybridized carbons (Fsp3) is 0.385. The molecule has 6 heteroatoms. The van der Waals surface area contributed by atoms with Crippen LogP contribution in [0.15, 0.2) is 24.3 Å². The predicted molar refractivity (Wildman–Crippen MR) is 69.5 cm³/mol. The molecule has 0 atom stereocenters. The molecule has 1 heterocycles. The number of nitrogens with zero attached hydrogens (tertiary/aromatic N) is 2. The quantitative estimate of drug-likeness (QED) is 0.892. The lowest BCUT2D eigenvalue weighted by Gasteiger charge is -2.39. The molecule has 2 amide bonds. The van der Waals surface area contributed by atoms with Crippen molar-refractivity contribution in [3.63, 3.8) is 0 Å². The molecule has 1 aliphatic heterocycles. The maximum absolute atomic E-state index is 12.2. The highest BCUT2D eigenvalue weighted by Gasteiger charge is 2.37. The van der Waals surface area contributed by atoms with E-state index in [4.69, 9.17) is 9.84 Å². The van der Waals surface area contributed by atoms with E-state index in [1.165, 1.54) is 9.80 Å². The molecule has 0 unspecified atom stereocenters. The lowest BCUT2D eigenvalue weighted by Crippen LogP contribution is -2.56. The van der Waals surface area contributed by atoms with Gasteiger partial charge in [0.15, 0.2) is 0 Å². The van der Waals surface area contributed by atoms with E-state index in [1.807, 2.05) is 12.1 Å². The zero-order valence-electron chi connectivity index (χ0n) is 10.9. The van der Waals surface area contributed by atoms with E-state index in [9.17, 15) is 9.59 Å². The van der Waals surface area contributed by atoms with Crippen LogP contribution in [0, 0.1) is 5.92 Å². The minimum atomic E-state index is -0.857. The third-order valence-corrected chi connectivity index (χ3v) is 3.23. The summed E-state index contributed by atoms with van der Waals surface area (Å²) in [7, 11) is 3.19. The minimum Gasteiger partial charge on any atom is -0.495 e. The van der Waals surface area contributed by atoms with Gasteiger partial charge in [-0.25, -0.2) is 4.79 Å². The number of benzene rings is 1. The van der Waals surface area contributed by atoms with Crippen molar-refractivity contribution in [2.24, 2.45) is 5.92 Å². The van der Waals surface area contributed by atoms with Crippen molar-refractivity contribution < 1.29 is 19.4 Å². The smallest absolute Gasteiger partial charge is 0.324 e. The molecule has 1 N–H and O–H groups in total. The summed E-state index contributed by atoms with van der Waals surface area (Å²) in [6.45, 7) is 0.515. The van der Waals surface area contributed by atoms with Gasteiger partial charge < -0.3 is 14.7 Å². The summed E-state index contributed by atoms with van der Waals surface area (Å²) in [6, 6.07) is 6.98. The number of carbonyl (C=O) groups excluding carboxylic acids is 1. The van der Waals surface area contributed by atoms with E-state index in [2.05, 4.69) is 0 Å². The zero-order valence-corrected chi connectivity index (χ0v) is 10.9. The number of hydrogen-bond donors (Lipinski definition) is 1. The Balaban J connectivity index is 2.06. The predicted octanol–water partition coefficient (Wildman–Crippen LogP) is 1.27. The van der Waals surface area contributed by atoms with Crippen molar-refractivity contribution in [3.8, 4) is 5.75 Å². The molecule has 0 aromatic heterocycles. The van der Waals surface area contributed by atoms with Crippen molar-refractivity contribution in [1.29, 1.82) is 0 Å². The molecule has 6 nitrogen and oxygen atoms in total. The van der Waals surface area contributed by atoms with Crippen LogP contribution in [-0.4, -0.2) is 49.3 Å². The number of carbonyl (C=O) groups is 2. The van der Waals surface area contributed by atoms with Gasteiger partial charge in [0.2, 0.25) is 0 Å². The molecule has 0 bridgehead atoms. The van der Waals surface area contributed by atoms with Gasteiger partial charge in [-0.3, -0.25) is 9.69 Å². The van der Waals surface area contributed by atoms with Crippen molar-refractivity contribution in [2.75, 3.05) is 32.1 Å². The molecule has 1 saturated heterocycles. The number of rotatable bonds is 3. The fourth-order valence-corrected chi connectivity index (χ4v) is 2.01. The van der Waals surface area contributed by atoms with Gasteiger partial charge in [-0.2, -0.15) is 0 Å². The molecule has 2 rings (SSSR count). The number of carboxylic acid groups (broad SMARTS) is 1. The van der Waals surface area contributed by atoms with Crippen molar-refractivity contribution in [1.82, 2.24) is 4.90 Å². The zero-order chi connectivity index (χ0) is 14.0. The number of likely N-dealkylation sites (tertiary alicyclic amines) is 1. The number of ether oxygens (including phenoxy) is 1. The average molecular weight is 264 g/mol. The van der Waals surface area contributed by atoms with Gasteiger partial charge in [0.1, 0.15) is 5.75 Å². The van der Waals surface area contributed by atoms with Crippen LogP contribution in [0.1, 0.15) is 0 Å². The molecule has 0 spiro atoms. The first kappa shape index (κ1) is 13.2. The SMILES string of the molecule is COc1ccccc1N(C)C(=O)N1CC(C(=O)O)C1. The largest absolute Gasteiger partial charge is 0.495 e. The van der Waals surface area contributed by atoms with E-state index in [-0.39, 0.29) is 19.1 Å². The van der Waals surface area contributed by atoms with E-state index in [1.54, 1.807) is 26.3 Å². The van der Waals surface area contributed by atoms with Gasteiger partial charge in [-0.1, -0.05) is 12.1 Å². The number of urea groups is 1. The number of amides is 2. The third-order valence-electron chi connectivity index (χ3n) is 3.23. The van der Waals surface area contributed by atoms with E-state index < -0.39 is 11.9 Å². The molecule has 0 saturated carbocycles. The molecule has 102 valence electrons. The number of para-hydroxylation sites is 2. The second kappa shape index (κ2) is 5.17. The minimum absolute atomic E-state index is 0.220. The van der Waals surface area contributed by atoms with Gasteiger partial charge >= 0.3 is 12.0 Å². The van der Waals surface area contributed by atoms with Crippen LogP contribution in [-0.2, 0) is 4.79 Å². The first-order chi connectivity index (χ1) is 9.04. The third kappa shape index (κ3) is 2.47. The Morgan fingerprint density at radius 1 is 1.37 bits per heavy atom. The molecule has 1 fully saturated rings. The molecule has 1 aromatic rings. The summed E-state index contributed by atoms with van der Waals surface area (Å²) < 4.78 is 5.20. The summed E-state index contributed by atoms with van der Waals surface area (Å²) >= 11 is 0. The molecule has 1 aliphatic rings. The Hall–Kier alpha value is -2.24. The fourth-order valence-electron chi connectivity index (χ4n) is 2.01. The first-order valence-corrected chi connectivity index (χ1v) is 5.93.